The smallest absolute Gasteiger partial charge is 0.314 e. The maximum absolute atomic E-state index is 13.1. The Labute approximate surface area is 228 Å². The summed E-state index contributed by atoms with van der Waals surface area (Å²) in [5, 5.41) is 0.226. The standard InChI is InChI=1S/C31H54O5Si/c1-13-26-22-27(36-30(8,9)35-26)31(10,28(32)33-14-2)21-20-24(3)18-16-15-17-19-25(4)23-34-37(11,12)29(5,6)7/h13,16,18-20,26-27H,1,14-15,17,21-23H2,2-12H3/b18-16+,24-20+,25-19+/t26-,27-,31+/m1/s1. The van der Waals surface area contributed by atoms with E-state index >= 15 is 0 Å². The molecule has 1 saturated heterocycles. The Hall–Kier alpha value is -1.47. The Morgan fingerprint density at radius 3 is 2.32 bits per heavy atom. The molecule has 0 spiro atoms. The molecule has 0 aromatic carbocycles. The molecular weight excluding hydrogens is 480 g/mol. The molecule has 5 nitrogen and oxygen atoms in total. The lowest BCUT2D eigenvalue weighted by Crippen LogP contribution is -2.53. The number of carbonyl (C=O) groups is 1. The van der Waals surface area contributed by atoms with E-state index in [0.717, 1.165) is 18.4 Å². The van der Waals surface area contributed by atoms with Crippen LogP contribution in [0.5, 0.6) is 0 Å². The van der Waals surface area contributed by atoms with Gasteiger partial charge in [-0.1, -0.05) is 62.3 Å². The van der Waals surface area contributed by atoms with Gasteiger partial charge in [0, 0.05) is 6.42 Å². The van der Waals surface area contributed by atoms with Crippen LogP contribution in [0.1, 0.15) is 88.0 Å². The first-order chi connectivity index (χ1) is 17.0. The molecule has 1 aliphatic heterocycles. The fraction of sp³-hybridized carbons (Fsp3) is 0.710. The third-order valence-electron chi connectivity index (χ3n) is 7.54. The summed E-state index contributed by atoms with van der Waals surface area (Å²) in [6, 6.07) is 0. The van der Waals surface area contributed by atoms with Gasteiger partial charge < -0.3 is 18.6 Å². The zero-order valence-corrected chi connectivity index (χ0v) is 26.5. The highest BCUT2D eigenvalue weighted by Crippen LogP contribution is 2.40. The zero-order valence-electron chi connectivity index (χ0n) is 25.5. The van der Waals surface area contributed by atoms with Gasteiger partial charge in [0.15, 0.2) is 14.1 Å². The van der Waals surface area contributed by atoms with Crippen molar-refractivity contribution < 1.29 is 23.4 Å². The predicted molar refractivity (Wildman–Crippen MR) is 157 cm³/mol. The summed E-state index contributed by atoms with van der Waals surface area (Å²) < 4.78 is 23.9. The van der Waals surface area contributed by atoms with E-state index < -0.39 is 19.5 Å². The summed E-state index contributed by atoms with van der Waals surface area (Å²) >= 11 is 0. The SMILES string of the molecule is C=C[C@@H]1C[C@H]([C@](C)(C/C=C(C)/C=C/CC/C=C(\C)CO[Si](C)(C)C(C)(C)C)C(=O)OCC)OC(C)(C)O1. The van der Waals surface area contributed by atoms with E-state index in [1.807, 2.05) is 27.7 Å². The number of hydrogen-bond donors (Lipinski definition) is 0. The molecule has 0 N–H and O–H groups in total. The van der Waals surface area contributed by atoms with Gasteiger partial charge in [0.25, 0.3) is 0 Å². The molecule has 1 heterocycles. The first-order valence-corrected chi connectivity index (χ1v) is 16.7. The van der Waals surface area contributed by atoms with Crippen LogP contribution in [0.15, 0.2) is 48.1 Å². The van der Waals surface area contributed by atoms with Gasteiger partial charge in [-0.2, -0.15) is 0 Å². The molecule has 0 aromatic rings. The van der Waals surface area contributed by atoms with Crippen LogP contribution in [0.3, 0.4) is 0 Å². The van der Waals surface area contributed by atoms with Gasteiger partial charge in [0.05, 0.1) is 30.8 Å². The fourth-order valence-corrected chi connectivity index (χ4v) is 4.95. The molecule has 0 radical (unpaired) electrons. The lowest BCUT2D eigenvalue weighted by Gasteiger charge is -2.45. The molecule has 6 heteroatoms. The molecule has 212 valence electrons. The third kappa shape index (κ3) is 10.7. The van der Waals surface area contributed by atoms with Crippen LogP contribution in [0.2, 0.25) is 18.1 Å². The lowest BCUT2D eigenvalue weighted by atomic mass is 9.77. The number of esters is 1. The summed E-state index contributed by atoms with van der Waals surface area (Å²) in [7, 11) is -1.72. The molecular formula is C31H54O5Si. The van der Waals surface area contributed by atoms with Crippen molar-refractivity contribution in [2.45, 2.75) is 124 Å². The van der Waals surface area contributed by atoms with E-state index in [1.54, 1.807) is 6.08 Å². The molecule has 0 unspecified atom stereocenters. The van der Waals surface area contributed by atoms with Crippen molar-refractivity contribution in [3.8, 4) is 0 Å². The van der Waals surface area contributed by atoms with Crippen LogP contribution in [0.25, 0.3) is 0 Å². The lowest BCUT2D eigenvalue weighted by molar-refractivity contribution is -0.307. The summed E-state index contributed by atoms with van der Waals surface area (Å²) in [6.07, 6.45) is 13.0. The maximum Gasteiger partial charge on any atom is 0.314 e. The van der Waals surface area contributed by atoms with Crippen LogP contribution in [-0.2, 0) is 23.4 Å². The third-order valence-corrected chi connectivity index (χ3v) is 12.0. The Kier molecular flexibility index (Phi) is 12.8. The minimum atomic E-state index is -1.72. The Morgan fingerprint density at radius 1 is 1.11 bits per heavy atom. The van der Waals surface area contributed by atoms with Crippen molar-refractivity contribution in [1.29, 1.82) is 0 Å². The quantitative estimate of drug-likeness (QED) is 0.0782. The summed E-state index contributed by atoms with van der Waals surface area (Å²) in [4.78, 5) is 13.1. The van der Waals surface area contributed by atoms with Crippen LogP contribution < -0.4 is 0 Å². The van der Waals surface area contributed by atoms with Crippen molar-refractivity contribution in [1.82, 2.24) is 0 Å². The maximum atomic E-state index is 13.1. The topological polar surface area (TPSA) is 54.0 Å². The molecule has 37 heavy (non-hydrogen) atoms. The molecule has 0 aromatic heterocycles. The van der Waals surface area contributed by atoms with E-state index in [2.05, 4.69) is 78.6 Å². The normalized spacial score (nSPS) is 23.1. The Bertz CT molecular complexity index is 846. The molecule has 0 bridgehead atoms. The Balaban J connectivity index is 2.78. The second-order valence-electron chi connectivity index (χ2n) is 12.5. The predicted octanol–water partition coefficient (Wildman–Crippen LogP) is 8.29. The molecule has 3 atom stereocenters. The summed E-state index contributed by atoms with van der Waals surface area (Å²) in [6.45, 7) is 28.0. The van der Waals surface area contributed by atoms with Gasteiger partial charge in [-0.15, -0.1) is 6.58 Å². The monoisotopic (exact) mass is 534 g/mol. The van der Waals surface area contributed by atoms with E-state index in [-0.39, 0.29) is 23.2 Å². The molecule has 1 fully saturated rings. The fourth-order valence-electron chi connectivity index (χ4n) is 3.92. The highest BCUT2D eigenvalue weighted by Gasteiger charge is 2.48. The first-order valence-electron chi connectivity index (χ1n) is 13.8. The van der Waals surface area contributed by atoms with Crippen LogP contribution in [0, 0.1) is 5.41 Å². The van der Waals surface area contributed by atoms with E-state index in [4.69, 9.17) is 18.6 Å². The number of rotatable bonds is 13. The zero-order chi connectivity index (χ0) is 28.5. The number of ether oxygens (including phenoxy) is 3. The first kappa shape index (κ1) is 33.6. The van der Waals surface area contributed by atoms with Crippen LogP contribution in [0.4, 0.5) is 0 Å². The van der Waals surface area contributed by atoms with Gasteiger partial charge in [-0.05, 0) is 78.9 Å². The average Bonchev–Trinajstić information content (AvgIpc) is 2.79. The van der Waals surface area contributed by atoms with Gasteiger partial charge in [-0.3, -0.25) is 4.79 Å². The van der Waals surface area contributed by atoms with Crippen molar-refractivity contribution >= 4 is 14.3 Å². The molecule has 0 saturated carbocycles. The van der Waals surface area contributed by atoms with Gasteiger partial charge in [-0.25, -0.2) is 0 Å². The van der Waals surface area contributed by atoms with Crippen LogP contribution >= 0.6 is 0 Å². The van der Waals surface area contributed by atoms with E-state index in [0.29, 0.717) is 26.1 Å². The van der Waals surface area contributed by atoms with Crippen LogP contribution in [-0.4, -0.2) is 45.5 Å². The highest BCUT2D eigenvalue weighted by atomic mass is 28.4. The highest BCUT2D eigenvalue weighted by molar-refractivity contribution is 6.74. The molecule has 0 amide bonds. The van der Waals surface area contributed by atoms with Crippen molar-refractivity contribution in [2.75, 3.05) is 13.2 Å². The number of hydrogen-bond acceptors (Lipinski definition) is 5. The minimum absolute atomic E-state index is 0.170. The largest absolute Gasteiger partial charge is 0.465 e. The number of carbonyl (C=O) groups excluding carboxylic acids is 1. The van der Waals surface area contributed by atoms with Gasteiger partial charge >= 0.3 is 5.97 Å². The molecule has 0 aliphatic carbocycles. The summed E-state index contributed by atoms with van der Waals surface area (Å²) in [5.74, 6) is -1.04. The van der Waals surface area contributed by atoms with Gasteiger partial charge in [0.2, 0.25) is 0 Å². The summed E-state index contributed by atoms with van der Waals surface area (Å²) in [5.41, 5.74) is 1.58. The molecule has 1 aliphatic rings. The van der Waals surface area contributed by atoms with Crippen molar-refractivity contribution in [3.05, 3.63) is 48.1 Å². The van der Waals surface area contributed by atoms with Gasteiger partial charge in [0.1, 0.15) is 0 Å². The number of allylic oxidation sites excluding steroid dienone is 5. The van der Waals surface area contributed by atoms with Crippen molar-refractivity contribution in [3.63, 3.8) is 0 Å². The average molecular weight is 535 g/mol. The Morgan fingerprint density at radius 2 is 1.76 bits per heavy atom. The second-order valence-corrected chi connectivity index (χ2v) is 17.3. The van der Waals surface area contributed by atoms with E-state index in [9.17, 15) is 4.79 Å². The van der Waals surface area contributed by atoms with E-state index in [1.165, 1.54) is 5.57 Å². The van der Waals surface area contributed by atoms with Crippen molar-refractivity contribution in [2.24, 2.45) is 5.41 Å². The molecule has 1 rings (SSSR count). The number of unbranched alkanes of at least 4 members (excludes halogenated alkanes) is 1. The second kappa shape index (κ2) is 14.1. The minimum Gasteiger partial charge on any atom is -0.465 e.